The summed E-state index contributed by atoms with van der Waals surface area (Å²) in [5.74, 6) is 0. The monoisotopic (exact) mass is 190 g/mol. The molecule has 0 radical (unpaired) electrons. The lowest BCUT2D eigenvalue weighted by Crippen LogP contribution is -2.30. The maximum atomic E-state index is 9.17. The molecule has 2 aromatic rings. The molecule has 0 saturated carbocycles. The number of H-pyrrole nitrogens is 1. The van der Waals surface area contributed by atoms with Crippen molar-refractivity contribution in [2.75, 3.05) is 0 Å². The highest BCUT2D eigenvalue weighted by Crippen LogP contribution is 2.13. The van der Waals surface area contributed by atoms with Crippen LogP contribution in [0.3, 0.4) is 0 Å². The summed E-state index contributed by atoms with van der Waals surface area (Å²) in [6, 6.07) is 5.30. The largest absolute Gasteiger partial charge is 0.489 e. The molecule has 0 aliphatic heterocycles. The molecule has 0 spiro atoms. The first-order valence-electron chi connectivity index (χ1n) is 4.56. The van der Waals surface area contributed by atoms with E-state index >= 15 is 0 Å². The Kier molecular flexibility index (Phi) is 2.27. The van der Waals surface area contributed by atoms with Gasteiger partial charge in [-0.3, -0.25) is 5.10 Å². The van der Waals surface area contributed by atoms with Crippen molar-refractivity contribution in [1.29, 1.82) is 0 Å². The highest BCUT2D eigenvalue weighted by Gasteiger charge is 2.17. The van der Waals surface area contributed by atoms with Crippen LogP contribution in [0, 0.1) is 0 Å². The van der Waals surface area contributed by atoms with Crippen LogP contribution in [0.1, 0.15) is 12.6 Å². The van der Waals surface area contributed by atoms with Crippen LogP contribution in [-0.4, -0.2) is 27.4 Å². The normalized spacial score (nSPS) is 10.8. The van der Waals surface area contributed by atoms with Gasteiger partial charge in [-0.2, -0.15) is 5.10 Å². The fourth-order valence-electron chi connectivity index (χ4n) is 1.63. The number of aromatic amines is 1. The summed E-state index contributed by atoms with van der Waals surface area (Å²) in [5.41, 5.74) is 2.21. The Balaban J connectivity index is 2.75. The van der Waals surface area contributed by atoms with Crippen molar-refractivity contribution in [3.63, 3.8) is 0 Å². The van der Waals surface area contributed by atoms with Crippen LogP contribution in [0.5, 0.6) is 0 Å². The number of aromatic nitrogens is 2. The summed E-state index contributed by atoms with van der Waals surface area (Å²) in [6.07, 6.45) is 0.792. The van der Waals surface area contributed by atoms with Crippen molar-refractivity contribution in [2.24, 2.45) is 0 Å². The summed E-state index contributed by atoms with van der Waals surface area (Å²) in [5, 5.41) is 26.1. The molecule has 0 saturated heterocycles. The fourth-order valence-corrected chi connectivity index (χ4v) is 1.63. The topological polar surface area (TPSA) is 69.1 Å². The van der Waals surface area contributed by atoms with Crippen molar-refractivity contribution in [2.45, 2.75) is 13.3 Å². The molecule has 0 atom stereocenters. The molecule has 5 heteroatoms. The van der Waals surface area contributed by atoms with Gasteiger partial charge in [0, 0.05) is 11.1 Å². The number of aryl methyl sites for hydroxylation is 1. The van der Waals surface area contributed by atoms with Crippen LogP contribution in [0.25, 0.3) is 10.9 Å². The number of nitrogens with one attached hydrogen (secondary N) is 1. The number of rotatable bonds is 2. The van der Waals surface area contributed by atoms with Crippen LogP contribution in [-0.2, 0) is 6.42 Å². The molecule has 3 N–H and O–H groups in total. The van der Waals surface area contributed by atoms with Crippen LogP contribution in [0.2, 0.25) is 0 Å². The average Bonchev–Trinajstić information content (AvgIpc) is 2.59. The number of hydrogen-bond acceptors (Lipinski definition) is 3. The molecule has 0 aliphatic carbocycles. The average molecular weight is 190 g/mol. The van der Waals surface area contributed by atoms with Gasteiger partial charge in [0.1, 0.15) is 0 Å². The molecule has 0 fully saturated rings. The molecule has 0 bridgehead atoms. The van der Waals surface area contributed by atoms with Gasteiger partial charge in [0.05, 0.1) is 5.52 Å². The number of hydrogen-bond donors (Lipinski definition) is 3. The first-order valence-corrected chi connectivity index (χ1v) is 4.56. The van der Waals surface area contributed by atoms with Gasteiger partial charge in [0.25, 0.3) is 0 Å². The Morgan fingerprint density at radius 2 is 2.21 bits per heavy atom. The maximum Gasteiger partial charge on any atom is 0.489 e. The van der Waals surface area contributed by atoms with Crippen LogP contribution < -0.4 is 5.46 Å². The first-order chi connectivity index (χ1) is 6.74. The highest BCUT2D eigenvalue weighted by molar-refractivity contribution is 6.62. The van der Waals surface area contributed by atoms with Crippen molar-refractivity contribution >= 4 is 23.5 Å². The molecule has 72 valence electrons. The van der Waals surface area contributed by atoms with E-state index in [4.69, 9.17) is 0 Å². The highest BCUT2D eigenvalue weighted by atomic mass is 16.4. The Hall–Kier alpha value is -1.33. The SMILES string of the molecule is CCc1[nH]nc2cccc(B(O)O)c12. The van der Waals surface area contributed by atoms with Crippen molar-refractivity contribution in [1.82, 2.24) is 10.2 Å². The lowest BCUT2D eigenvalue weighted by Gasteiger charge is -2.01. The summed E-state index contributed by atoms with van der Waals surface area (Å²) in [6.45, 7) is 1.99. The van der Waals surface area contributed by atoms with E-state index in [0.717, 1.165) is 23.0 Å². The van der Waals surface area contributed by atoms with E-state index in [1.165, 1.54) is 0 Å². The summed E-state index contributed by atoms with van der Waals surface area (Å²) in [7, 11) is -1.44. The molecule has 1 aromatic carbocycles. The van der Waals surface area contributed by atoms with E-state index in [1.807, 2.05) is 13.0 Å². The van der Waals surface area contributed by atoms with Crippen LogP contribution >= 0.6 is 0 Å². The third-order valence-electron chi connectivity index (χ3n) is 2.32. The Morgan fingerprint density at radius 3 is 2.86 bits per heavy atom. The zero-order valence-electron chi connectivity index (χ0n) is 7.86. The van der Waals surface area contributed by atoms with E-state index in [-0.39, 0.29) is 0 Å². The van der Waals surface area contributed by atoms with Crippen LogP contribution in [0.4, 0.5) is 0 Å². The van der Waals surface area contributed by atoms with Gasteiger partial charge < -0.3 is 10.0 Å². The Labute approximate surface area is 81.7 Å². The van der Waals surface area contributed by atoms with Crippen molar-refractivity contribution in [3.05, 3.63) is 23.9 Å². The van der Waals surface area contributed by atoms with E-state index < -0.39 is 7.12 Å². The van der Waals surface area contributed by atoms with E-state index in [2.05, 4.69) is 10.2 Å². The number of benzene rings is 1. The standard InChI is InChI=1S/C9H11BN2O2/c1-2-7-9-6(10(13)14)4-3-5-8(9)12-11-7/h3-5,13-14H,2H2,1H3,(H,11,12). The van der Waals surface area contributed by atoms with E-state index in [9.17, 15) is 10.0 Å². The first kappa shape index (κ1) is 9.24. The third-order valence-corrected chi connectivity index (χ3v) is 2.32. The third kappa shape index (κ3) is 1.30. The van der Waals surface area contributed by atoms with Gasteiger partial charge in [-0.05, 0) is 17.9 Å². The second kappa shape index (κ2) is 3.44. The molecule has 2 rings (SSSR count). The quantitative estimate of drug-likeness (QED) is 0.574. The molecule has 0 aliphatic rings. The maximum absolute atomic E-state index is 9.17. The lowest BCUT2D eigenvalue weighted by molar-refractivity contribution is 0.426. The molecule has 0 unspecified atom stereocenters. The van der Waals surface area contributed by atoms with E-state index in [1.54, 1.807) is 12.1 Å². The van der Waals surface area contributed by atoms with Gasteiger partial charge in [-0.1, -0.05) is 19.1 Å². The smallest absolute Gasteiger partial charge is 0.423 e. The lowest BCUT2D eigenvalue weighted by atomic mass is 9.77. The second-order valence-electron chi connectivity index (χ2n) is 3.17. The van der Waals surface area contributed by atoms with Gasteiger partial charge in [-0.15, -0.1) is 0 Å². The molecular weight excluding hydrogens is 179 g/mol. The van der Waals surface area contributed by atoms with E-state index in [0.29, 0.717) is 5.46 Å². The second-order valence-corrected chi connectivity index (χ2v) is 3.17. The number of fused-ring (bicyclic) bond motifs is 1. The summed E-state index contributed by atoms with van der Waals surface area (Å²) < 4.78 is 0. The predicted molar refractivity (Wildman–Crippen MR) is 55.3 cm³/mol. The van der Waals surface area contributed by atoms with Gasteiger partial charge in [0.2, 0.25) is 0 Å². The molecular formula is C9H11BN2O2. The minimum atomic E-state index is -1.44. The van der Waals surface area contributed by atoms with Crippen LogP contribution in [0.15, 0.2) is 18.2 Å². The summed E-state index contributed by atoms with van der Waals surface area (Å²) in [4.78, 5) is 0. The predicted octanol–water partition coefficient (Wildman–Crippen LogP) is -0.195. The fraction of sp³-hybridized carbons (Fsp3) is 0.222. The molecule has 1 heterocycles. The zero-order valence-corrected chi connectivity index (χ0v) is 7.86. The van der Waals surface area contributed by atoms with Gasteiger partial charge in [0.15, 0.2) is 0 Å². The number of nitrogens with zero attached hydrogens (tertiary/aromatic N) is 1. The zero-order chi connectivity index (χ0) is 10.1. The molecule has 4 nitrogen and oxygen atoms in total. The Morgan fingerprint density at radius 1 is 1.43 bits per heavy atom. The van der Waals surface area contributed by atoms with Crippen molar-refractivity contribution in [3.8, 4) is 0 Å². The summed E-state index contributed by atoms with van der Waals surface area (Å²) >= 11 is 0. The Bertz CT molecular complexity index is 453. The molecule has 1 aromatic heterocycles. The molecule has 0 amide bonds. The van der Waals surface area contributed by atoms with Crippen molar-refractivity contribution < 1.29 is 10.0 Å². The minimum Gasteiger partial charge on any atom is -0.423 e. The minimum absolute atomic E-state index is 0.508. The van der Waals surface area contributed by atoms with Gasteiger partial charge in [-0.25, -0.2) is 0 Å². The van der Waals surface area contributed by atoms with Gasteiger partial charge >= 0.3 is 7.12 Å². The molecule has 14 heavy (non-hydrogen) atoms.